The Kier molecular flexibility index (Phi) is 13.1. The summed E-state index contributed by atoms with van der Waals surface area (Å²) in [6, 6.07) is -0.639. The van der Waals surface area contributed by atoms with E-state index in [9.17, 15) is 47.9 Å². The van der Waals surface area contributed by atoms with Gasteiger partial charge in [0, 0.05) is 0 Å². The van der Waals surface area contributed by atoms with Crippen LogP contribution < -0.4 is 16.0 Å². The SMILES string of the molecule is C[C@H](NC(=O)OC(C)(C)C)C(=O)N1C(=O)O[C@H](C)[C@H]1C(=O)N[C@@H](C)C(=O)N1C(=O)O[C@H](C)[C@H]1C(=O)N[C@@H](C)C(=O)N1C(=O)O[C@H](C)[C@H]1C(=O)OCc1ccccc1. The third-order valence-electron chi connectivity index (χ3n) is 8.90. The second-order valence-electron chi connectivity index (χ2n) is 14.6. The molecule has 3 saturated heterocycles. The van der Waals surface area contributed by atoms with Crippen molar-refractivity contribution in [3.05, 3.63) is 35.9 Å². The minimum atomic E-state index is -1.69. The Morgan fingerprint density at radius 2 is 1.00 bits per heavy atom. The van der Waals surface area contributed by atoms with Crippen LogP contribution in [-0.2, 0) is 59.1 Å². The highest BCUT2D eigenvalue weighted by atomic mass is 16.6. The summed E-state index contributed by atoms with van der Waals surface area (Å²) in [5.41, 5.74) is -0.258. The Morgan fingerprint density at radius 3 is 1.40 bits per heavy atom. The summed E-state index contributed by atoms with van der Waals surface area (Å²) < 4.78 is 25.8. The fourth-order valence-electron chi connectivity index (χ4n) is 6.16. The number of hydrogen-bond acceptors (Lipinski definition) is 15. The van der Waals surface area contributed by atoms with E-state index in [0.29, 0.717) is 20.3 Å². The summed E-state index contributed by atoms with van der Waals surface area (Å²) in [5.74, 6) is -6.31. The van der Waals surface area contributed by atoms with Crippen molar-refractivity contribution in [2.24, 2.45) is 0 Å². The van der Waals surface area contributed by atoms with Crippen LogP contribution in [0.3, 0.4) is 0 Å². The number of hydrogen-bond donors (Lipinski definition) is 3. The van der Waals surface area contributed by atoms with E-state index < -0.39 is 120 Å². The summed E-state index contributed by atoms with van der Waals surface area (Å²) in [6.45, 7) is 12.2. The molecule has 3 fully saturated rings. The Balaban J connectivity index is 1.42. The van der Waals surface area contributed by atoms with Crippen LogP contribution in [0, 0.1) is 0 Å². The lowest BCUT2D eigenvalue weighted by molar-refractivity contribution is -0.154. The molecule has 0 bridgehead atoms. The van der Waals surface area contributed by atoms with Crippen LogP contribution in [0.1, 0.15) is 67.9 Å². The van der Waals surface area contributed by atoms with Gasteiger partial charge in [-0.15, -0.1) is 0 Å². The summed E-state index contributed by atoms with van der Waals surface area (Å²) in [6.07, 6.45) is -8.18. The Bertz CT molecular complexity index is 1820. The number of nitrogens with one attached hydrogen (secondary N) is 3. The zero-order valence-corrected chi connectivity index (χ0v) is 32.8. The molecule has 0 unspecified atom stereocenters. The van der Waals surface area contributed by atoms with E-state index in [-0.39, 0.29) is 6.61 Å². The first-order valence-electron chi connectivity index (χ1n) is 18.0. The number of cyclic esters (lactones) is 3. The summed E-state index contributed by atoms with van der Waals surface area (Å²) in [7, 11) is 0. The maximum Gasteiger partial charge on any atom is 0.417 e. The predicted octanol–water partition coefficient (Wildman–Crippen LogP) is 0.860. The monoisotopic (exact) mass is 802 g/mol. The summed E-state index contributed by atoms with van der Waals surface area (Å²) in [4.78, 5) is 133. The molecule has 9 atom stereocenters. The number of carbonyl (C=O) groups is 10. The van der Waals surface area contributed by atoms with E-state index in [4.69, 9.17) is 23.7 Å². The molecule has 57 heavy (non-hydrogen) atoms. The standard InChI is InChI=1S/C36H46N6O15/c1-16(37-27(44)24-20(5)55-34(51)41(24)30(47)18(3)39-32(49)57-36(7,8)9)28(45)40-23(19(4)54-33(40)50)26(43)38-17(2)29(46)42-25(21(6)56-35(42)52)31(48)53-15-22-13-11-10-12-14-22/h10-14,16-21,23-25H,15H2,1-9H3,(H,37,44)(H,38,43)(H,39,49)/t16-,17-,18-,19+,20+,21+,23-,24-,25-/m0/s1. The largest absolute Gasteiger partial charge is 0.459 e. The van der Waals surface area contributed by atoms with Crippen molar-refractivity contribution in [1.82, 2.24) is 30.7 Å². The Labute approximate surface area is 326 Å². The maximum absolute atomic E-state index is 13.7. The first kappa shape index (κ1) is 43.4. The zero-order chi connectivity index (χ0) is 42.7. The summed E-state index contributed by atoms with van der Waals surface area (Å²) >= 11 is 0. The maximum atomic E-state index is 13.7. The highest BCUT2D eigenvalue weighted by Gasteiger charge is 2.53. The van der Waals surface area contributed by atoms with Crippen molar-refractivity contribution < 1.29 is 71.6 Å². The fraction of sp³-hybridized carbons (Fsp3) is 0.556. The van der Waals surface area contributed by atoms with Gasteiger partial charge >= 0.3 is 30.3 Å². The molecule has 0 saturated carbocycles. The molecule has 3 N–H and O–H groups in total. The lowest BCUT2D eigenvalue weighted by atomic mass is 10.1. The molecule has 4 rings (SSSR count). The predicted molar refractivity (Wildman–Crippen MR) is 190 cm³/mol. The van der Waals surface area contributed by atoms with Gasteiger partial charge < -0.3 is 39.6 Å². The number of esters is 1. The molecule has 3 aliphatic rings. The molecule has 3 heterocycles. The number of ether oxygens (including phenoxy) is 5. The van der Waals surface area contributed by atoms with Gasteiger partial charge in [-0.25, -0.2) is 38.7 Å². The Hall–Kier alpha value is -6.28. The van der Waals surface area contributed by atoms with Crippen LogP contribution in [0.25, 0.3) is 0 Å². The highest BCUT2D eigenvalue weighted by molar-refractivity contribution is 6.07. The van der Waals surface area contributed by atoms with Gasteiger partial charge in [-0.3, -0.25) is 24.0 Å². The first-order valence-corrected chi connectivity index (χ1v) is 18.0. The second-order valence-corrected chi connectivity index (χ2v) is 14.6. The molecule has 3 aliphatic heterocycles. The van der Waals surface area contributed by atoms with Crippen LogP contribution in [0.15, 0.2) is 30.3 Å². The number of amides is 9. The van der Waals surface area contributed by atoms with Gasteiger partial charge in [0.1, 0.15) is 48.6 Å². The van der Waals surface area contributed by atoms with Gasteiger partial charge in [-0.05, 0) is 67.9 Å². The minimum Gasteiger partial charge on any atom is -0.459 e. The normalized spacial score (nSPS) is 24.6. The topological polar surface area (TPSA) is 263 Å². The van der Waals surface area contributed by atoms with Gasteiger partial charge in [0.05, 0.1) is 0 Å². The lowest BCUT2D eigenvalue weighted by Crippen LogP contribution is -2.60. The van der Waals surface area contributed by atoms with Gasteiger partial charge in [0.25, 0.3) is 17.7 Å². The number of rotatable bonds is 11. The Morgan fingerprint density at radius 1 is 0.632 bits per heavy atom. The van der Waals surface area contributed by atoms with E-state index in [1.165, 1.54) is 34.6 Å². The highest BCUT2D eigenvalue weighted by Crippen LogP contribution is 2.25. The molecular formula is C36H46N6O15. The number of carbonyl (C=O) groups excluding carboxylic acids is 10. The van der Waals surface area contributed by atoms with Crippen molar-refractivity contribution in [3.63, 3.8) is 0 Å². The third-order valence-corrected chi connectivity index (χ3v) is 8.90. The van der Waals surface area contributed by atoms with E-state index in [1.807, 2.05) is 0 Å². The van der Waals surface area contributed by atoms with E-state index in [0.717, 1.165) is 6.92 Å². The van der Waals surface area contributed by atoms with E-state index in [2.05, 4.69) is 16.0 Å². The zero-order valence-electron chi connectivity index (χ0n) is 32.8. The average molecular weight is 803 g/mol. The van der Waals surface area contributed by atoms with E-state index in [1.54, 1.807) is 51.1 Å². The van der Waals surface area contributed by atoms with Crippen LogP contribution in [-0.4, -0.2) is 135 Å². The number of imide groups is 3. The molecular weight excluding hydrogens is 756 g/mol. The first-order chi connectivity index (χ1) is 26.5. The van der Waals surface area contributed by atoms with Crippen molar-refractivity contribution in [2.45, 2.75) is 129 Å². The van der Waals surface area contributed by atoms with E-state index >= 15 is 0 Å². The van der Waals surface area contributed by atoms with Gasteiger partial charge in [-0.2, -0.15) is 0 Å². The van der Waals surface area contributed by atoms with Crippen LogP contribution in [0.4, 0.5) is 19.2 Å². The molecule has 0 aromatic heterocycles. The molecule has 21 nitrogen and oxygen atoms in total. The van der Waals surface area contributed by atoms with Crippen LogP contribution in [0.2, 0.25) is 0 Å². The van der Waals surface area contributed by atoms with Crippen molar-refractivity contribution in [3.8, 4) is 0 Å². The molecule has 0 aliphatic carbocycles. The minimum absolute atomic E-state index is 0.157. The third kappa shape index (κ3) is 9.76. The van der Waals surface area contributed by atoms with Gasteiger partial charge in [0.2, 0.25) is 11.8 Å². The van der Waals surface area contributed by atoms with Crippen molar-refractivity contribution in [1.29, 1.82) is 0 Å². The molecule has 1 aromatic carbocycles. The van der Waals surface area contributed by atoms with Crippen LogP contribution >= 0.6 is 0 Å². The molecule has 0 radical (unpaired) electrons. The molecule has 9 amide bonds. The second kappa shape index (κ2) is 17.2. The quantitative estimate of drug-likeness (QED) is 0.207. The average Bonchev–Trinajstić information content (AvgIpc) is 3.71. The summed E-state index contributed by atoms with van der Waals surface area (Å²) in [5, 5.41) is 6.93. The molecule has 1 aromatic rings. The molecule has 310 valence electrons. The lowest BCUT2D eigenvalue weighted by Gasteiger charge is -2.28. The van der Waals surface area contributed by atoms with Crippen molar-refractivity contribution >= 4 is 59.9 Å². The number of benzene rings is 1. The molecule has 0 spiro atoms. The fourth-order valence-corrected chi connectivity index (χ4v) is 6.16. The van der Waals surface area contributed by atoms with Gasteiger partial charge in [0.15, 0.2) is 18.1 Å². The van der Waals surface area contributed by atoms with Gasteiger partial charge in [-0.1, -0.05) is 30.3 Å². The van der Waals surface area contributed by atoms with Crippen LogP contribution in [0.5, 0.6) is 0 Å². The number of alkyl carbamates (subject to hydrolysis) is 1. The number of nitrogens with zero attached hydrogens (tertiary/aromatic N) is 3. The smallest absolute Gasteiger partial charge is 0.417 e. The molecule has 21 heteroatoms. The van der Waals surface area contributed by atoms with Crippen molar-refractivity contribution in [2.75, 3.05) is 0 Å².